The molecule has 0 N–H and O–H groups in total. The quantitative estimate of drug-likeness (QED) is 0.746. The standard InChI is InChI=1S/C13H10FNO2/c1-17-13(16)12-8-10(6-7-15-12)9-2-4-11(14)5-3-9/h2-8H,1H3. The molecule has 1 heterocycles. The number of aromatic nitrogens is 1. The second kappa shape index (κ2) is 4.74. The summed E-state index contributed by atoms with van der Waals surface area (Å²) in [7, 11) is 1.30. The molecule has 0 bridgehead atoms. The minimum atomic E-state index is -0.492. The maximum Gasteiger partial charge on any atom is 0.356 e. The van der Waals surface area contributed by atoms with E-state index in [1.54, 1.807) is 24.3 Å². The van der Waals surface area contributed by atoms with Gasteiger partial charge in [-0.3, -0.25) is 0 Å². The first-order valence-corrected chi connectivity index (χ1v) is 5.01. The van der Waals surface area contributed by atoms with Crippen LogP contribution >= 0.6 is 0 Å². The number of pyridine rings is 1. The van der Waals surface area contributed by atoms with Gasteiger partial charge in [0.25, 0.3) is 0 Å². The summed E-state index contributed by atoms with van der Waals surface area (Å²) in [5, 5.41) is 0. The lowest BCUT2D eigenvalue weighted by Gasteiger charge is -2.03. The molecule has 2 rings (SSSR count). The highest BCUT2D eigenvalue weighted by molar-refractivity contribution is 5.88. The van der Waals surface area contributed by atoms with Gasteiger partial charge in [-0.25, -0.2) is 14.2 Å². The Balaban J connectivity index is 2.39. The average Bonchev–Trinajstić information content (AvgIpc) is 2.39. The number of benzene rings is 1. The maximum absolute atomic E-state index is 12.8. The van der Waals surface area contributed by atoms with Crippen molar-refractivity contribution >= 4 is 5.97 Å². The molecule has 0 aliphatic heterocycles. The Morgan fingerprint density at radius 1 is 1.18 bits per heavy atom. The molecule has 4 heteroatoms. The van der Waals surface area contributed by atoms with Gasteiger partial charge in [-0.1, -0.05) is 12.1 Å². The Bertz CT molecular complexity index is 537. The summed E-state index contributed by atoms with van der Waals surface area (Å²) in [5.74, 6) is -0.787. The third-order valence-corrected chi connectivity index (χ3v) is 2.33. The van der Waals surface area contributed by atoms with Crippen molar-refractivity contribution in [1.82, 2.24) is 4.98 Å². The lowest BCUT2D eigenvalue weighted by molar-refractivity contribution is 0.0594. The van der Waals surface area contributed by atoms with Crippen LogP contribution in [0.25, 0.3) is 11.1 Å². The summed E-state index contributed by atoms with van der Waals surface area (Å²) in [6.07, 6.45) is 1.52. The van der Waals surface area contributed by atoms with E-state index in [-0.39, 0.29) is 11.5 Å². The van der Waals surface area contributed by atoms with Crippen LogP contribution in [0.3, 0.4) is 0 Å². The van der Waals surface area contributed by atoms with Gasteiger partial charge >= 0.3 is 5.97 Å². The fourth-order valence-electron chi connectivity index (χ4n) is 1.47. The van der Waals surface area contributed by atoms with E-state index in [4.69, 9.17) is 0 Å². The summed E-state index contributed by atoms with van der Waals surface area (Å²) in [5.41, 5.74) is 1.84. The summed E-state index contributed by atoms with van der Waals surface area (Å²) < 4.78 is 17.4. The molecule has 2 aromatic rings. The van der Waals surface area contributed by atoms with Crippen LogP contribution in [-0.2, 0) is 4.74 Å². The van der Waals surface area contributed by atoms with E-state index < -0.39 is 5.97 Å². The summed E-state index contributed by atoms with van der Waals surface area (Å²) in [6, 6.07) is 9.39. The molecule has 0 saturated carbocycles. The predicted octanol–water partition coefficient (Wildman–Crippen LogP) is 2.67. The second-order valence-corrected chi connectivity index (χ2v) is 3.43. The van der Waals surface area contributed by atoms with Crippen LogP contribution in [0.4, 0.5) is 4.39 Å². The van der Waals surface area contributed by atoms with E-state index in [1.165, 1.54) is 25.4 Å². The number of carbonyl (C=O) groups is 1. The van der Waals surface area contributed by atoms with E-state index >= 15 is 0 Å². The SMILES string of the molecule is COC(=O)c1cc(-c2ccc(F)cc2)ccn1. The van der Waals surface area contributed by atoms with Gasteiger partial charge in [0.05, 0.1) is 7.11 Å². The number of hydrogen-bond acceptors (Lipinski definition) is 3. The molecule has 0 aliphatic rings. The van der Waals surface area contributed by atoms with Gasteiger partial charge in [-0.05, 0) is 35.4 Å². The highest BCUT2D eigenvalue weighted by Gasteiger charge is 2.08. The number of carbonyl (C=O) groups excluding carboxylic acids is 1. The zero-order valence-corrected chi connectivity index (χ0v) is 9.18. The highest BCUT2D eigenvalue weighted by atomic mass is 19.1. The van der Waals surface area contributed by atoms with Crippen LogP contribution < -0.4 is 0 Å². The zero-order valence-electron chi connectivity index (χ0n) is 9.18. The zero-order chi connectivity index (χ0) is 12.3. The first kappa shape index (κ1) is 11.3. The van der Waals surface area contributed by atoms with Gasteiger partial charge in [0.1, 0.15) is 11.5 Å². The number of rotatable bonds is 2. The van der Waals surface area contributed by atoms with Crippen molar-refractivity contribution < 1.29 is 13.9 Å². The minimum Gasteiger partial charge on any atom is -0.464 e. The lowest BCUT2D eigenvalue weighted by Crippen LogP contribution is -2.03. The largest absolute Gasteiger partial charge is 0.464 e. The molecule has 0 aliphatic carbocycles. The van der Waals surface area contributed by atoms with E-state index in [9.17, 15) is 9.18 Å². The average molecular weight is 231 g/mol. The Morgan fingerprint density at radius 2 is 1.88 bits per heavy atom. The van der Waals surface area contributed by atoms with Crippen LogP contribution in [0.5, 0.6) is 0 Å². The predicted molar refractivity (Wildman–Crippen MR) is 61.0 cm³/mol. The van der Waals surface area contributed by atoms with Gasteiger partial charge in [-0.2, -0.15) is 0 Å². The number of ether oxygens (including phenoxy) is 1. The van der Waals surface area contributed by atoms with E-state index in [0.29, 0.717) is 0 Å². The first-order chi connectivity index (χ1) is 8.20. The molecule has 0 saturated heterocycles. The molecule has 3 nitrogen and oxygen atoms in total. The third-order valence-electron chi connectivity index (χ3n) is 2.33. The van der Waals surface area contributed by atoms with Crippen molar-refractivity contribution in [3.8, 4) is 11.1 Å². The molecule has 0 fully saturated rings. The number of halogens is 1. The molecular formula is C13H10FNO2. The maximum atomic E-state index is 12.8. The molecule has 0 radical (unpaired) electrons. The minimum absolute atomic E-state index is 0.231. The summed E-state index contributed by atoms with van der Waals surface area (Å²) >= 11 is 0. The van der Waals surface area contributed by atoms with E-state index in [2.05, 4.69) is 9.72 Å². The Morgan fingerprint density at radius 3 is 2.53 bits per heavy atom. The van der Waals surface area contributed by atoms with Gasteiger partial charge in [0, 0.05) is 6.20 Å². The second-order valence-electron chi connectivity index (χ2n) is 3.43. The van der Waals surface area contributed by atoms with Crippen LogP contribution in [0, 0.1) is 5.82 Å². The molecule has 1 aromatic carbocycles. The molecular weight excluding hydrogens is 221 g/mol. The Labute approximate surface area is 97.9 Å². The fourth-order valence-corrected chi connectivity index (χ4v) is 1.47. The fraction of sp³-hybridized carbons (Fsp3) is 0.0769. The van der Waals surface area contributed by atoms with Crippen LogP contribution in [0.1, 0.15) is 10.5 Å². The van der Waals surface area contributed by atoms with Crippen molar-refractivity contribution in [1.29, 1.82) is 0 Å². The lowest BCUT2D eigenvalue weighted by atomic mass is 10.1. The van der Waals surface area contributed by atoms with Gasteiger partial charge in [0.2, 0.25) is 0 Å². The third kappa shape index (κ3) is 2.47. The molecule has 86 valence electrons. The Hall–Kier alpha value is -2.23. The molecule has 1 aromatic heterocycles. The van der Waals surface area contributed by atoms with Crippen LogP contribution in [0.2, 0.25) is 0 Å². The molecule has 0 amide bonds. The normalized spacial score (nSPS) is 10.0. The Kier molecular flexibility index (Phi) is 3.14. The van der Waals surface area contributed by atoms with Gasteiger partial charge in [-0.15, -0.1) is 0 Å². The van der Waals surface area contributed by atoms with Crippen molar-refractivity contribution in [2.45, 2.75) is 0 Å². The van der Waals surface area contributed by atoms with Crippen molar-refractivity contribution in [2.75, 3.05) is 7.11 Å². The molecule has 0 unspecified atom stereocenters. The van der Waals surface area contributed by atoms with Gasteiger partial charge in [0.15, 0.2) is 0 Å². The topological polar surface area (TPSA) is 39.2 Å². The monoisotopic (exact) mass is 231 g/mol. The smallest absolute Gasteiger partial charge is 0.356 e. The number of nitrogens with zero attached hydrogens (tertiary/aromatic N) is 1. The number of methoxy groups -OCH3 is 1. The summed E-state index contributed by atoms with van der Waals surface area (Å²) in [6.45, 7) is 0. The van der Waals surface area contributed by atoms with Crippen molar-refractivity contribution in [3.05, 3.63) is 54.1 Å². The van der Waals surface area contributed by atoms with Crippen molar-refractivity contribution in [3.63, 3.8) is 0 Å². The van der Waals surface area contributed by atoms with Crippen LogP contribution in [0.15, 0.2) is 42.6 Å². The number of esters is 1. The van der Waals surface area contributed by atoms with Crippen molar-refractivity contribution in [2.24, 2.45) is 0 Å². The van der Waals surface area contributed by atoms with E-state index in [0.717, 1.165) is 11.1 Å². The van der Waals surface area contributed by atoms with Crippen LogP contribution in [-0.4, -0.2) is 18.1 Å². The molecule has 0 spiro atoms. The first-order valence-electron chi connectivity index (χ1n) is 5.01. The number of hydrogen-bond donors (Lipinski definition) is 0. The highest BCUT2D eigenvalue weighted by Crippen LogP contribution is 2.19. The molecule has 0 atom stereocenters. The summed E-state index contributed by atoms with van der Waals surface area (Å²) in [4.78, 5) is 15.2. The molecule has 17 heavy (non-hydrogen) atoms. The van der Waals surface area contributed by atoms with E-state index in [1.807, 2.05) is 0 Å². The van der Waals surface area contributed by atoms with Gasteiger partial charge < -0.3 is 4.74 Å².